The smallest absolute Gasteiger partial charge is 0.138 e. The van der Waals surface area contributed by atoms with Crippen LogP contribution in [0.5, 0.6) is 5.75 Å². The number of phenolic OH excluding ortho intramolecular Hbond substituents is 1. The third-order valence-electron chi connectivity index (χ3n) is 4.28. The molecule has 98 valence electrons. The van der Waals surface area contributed by atoms with Crippen LogP contribution < -0.4 is 5.32 Å². The topological polar surface area (TPSA) is 35.5 Å². The molecule has 4 heteroatoms. The fourth-order valence-corrected chi connectivity index (χ4v) is 3.33. The van der Waals surface area contributed by atoms with E-state index in [9.17, 15) is 5.11 Å². The fraction of sp³-hybridized carbons (Fsp3) is 0.571. The van der Waals surface area contributed by atoms with Crippen LogP contribution in [0.15, 0.2) is 18.2 Å². The minimum absolute atomic E-state index is 0.216. The summed E-state index contributed by atoms with van der Waals surface area (Å²) >= 11 is 5.91. The van der Waals surface area contributed by atoms with Crippen LogP contribution in [-0.4, -0.2) is 35.7 Å². The number of piperidine rings is 3. The Morgan fingerprint density at radius 2 is 2.11 bits per heavy atom. The summed E-state index contributed by atoms with van der Waals surface area (Å²) in [5, 5.41) is 13.9. The second-order valence-corrected chi connectivity index (χ2v) is 5.78. The van der Waals surface area contributed by atoms with Crippen LogP contribution in [0.4, 0.5) is 0 Å². The molecule has 2 bridgehead atoms. The van der Waals surface area contributed by atoms with Gasteiger partial charge in [0.25, 0.3) is 0 Å². The maximum Gasteiger partial charge on any atom is 0.138 e. The lowest BCUT2D eigenvalue weighted by atomic mass is 9.84. The average molecular weight is 267 g/mol. The number of nitrogens with zero attached hydrogens (tertiary/aromatic N) is 1. The summed E-state index contributed by atoms with van der Waals surface area (Å²) in [6, 6.07) is 6.09. The number of halogens is 1. The molecule has 3 heterocycles. The Morgan fingerprint density at radius 3 is 2.78 bits per heavy atom. The van der Waals surface area contributed by atoms with Gasteiger partial charge in [-0.25, -0.2) is 0 Å². The van der Waals surface area contributed by atoms with Gasteiger partial charge in [-0.3, -0.25) is 0 Å². The van der Waals surface area contributed by atoms with Gasteiger partial charge in [-0.05, 0) is 37.9 Å². The second-order valence-electron chi connectivity index (χ2n) is 5.37. The number of benzene rings is 1. The first-order chi connectivity index (χ1) is 8.74. The van der Waals surface area contributed by atoms with E-state index in [1.54, 1.807) is 6.07 Å². The summed E-state index contributed by atoms with van der Waals surface area (Å²) in [7, 11) is 0. The van der Waals surface area contributed by atoms with E-state index in [4.69, 9.17) is 11.6 Å². The van der Waals surface area contributed by atoms with Crippen molar-refractivity contribution in [2.24, 2.45) is 5.92 Å². The van der Waals surface area contributed by atoms with Crippen molar-refractivity contribution in [1.82, 2.24) is 10.2 Å². The molecule has 4 rings (SSSR count). The predicted molar refractivity (Wildman–Crippen MR) is 72.9 cm³/mol. The van der Waals surface area contributed by atoms with Crippen LogP contribution in [0.1, 0.15) is 18.4 Å². The van der Waals surface area contributed by atoms with Crippen molar-refractivity contribution >= 4 is 11.6 Å². The third kappa shape index (κ3) is 2.35. The molecule has 3 fully saturated rings. The normalized spacial score (nSPS) is 30.6. The van der Waals surface area contributed by atoms with Crippen molar-refractivity contribution < 1.29 is 5.11 Å². The average Bonchev–Trinajstić information content (AvgIpc) is 2.42. The molecule has 0 aliphatic carbocycles. The quantitative estimate of drug-likeness (QED) is 0.881. The molecule has 1 atom stereocenters. The number of nitrogens with one attached hydrogen (secondary N) is 1. The summed E-state index contributed by atoms with van der Waals surface area (Å²) in [5.74, 6) is 1.02. The summed E-state index contributed by atoms with van der Waals surface area (Å²) in [6.45, 7) is 4.35. The van der Waals surface area contributed by atoms with Gasteiger partial charge >= 0.3 is 0 Å². The van der Waals surface area contributed by atoms with Crippen molar-refractivity contribution in [2.75, 3.05) is 19.6 Å². The monoisotopic (exact) mass is 266 g/mol. The number of aromatic hydroxyl groups is 1. The lowest BCUT2D eigenvalue weighted by Gasteiger charge is -2.45. The summed E-state index contributed by atoms with van der Waals surface area (Å²) in [5.41, 5.74) is 0.888. The minimum atomic E-state index is 0.216. The van der Waals surface area contributed by atoms with Crippen LogP contribution in [0.25, 0.3) is 0 Å². The molecule has 3 aliphatic heterocycles. The largest absolute Gasteiger partial charge is 0.506 e. The molecule has 0 radical (unpaired) electrons. The fourth-order valence-electron chi connectivity index (χ4n) is 3.14. The number of fused-ring (bicyclic) bond motifs is 3. The molecule has 0 amide bonds. The maximum atomic E-state index is 9.88. The highest BCUT2D eigenvalue weighted by Gasteiger charge is 2.33. The Balaban J connectivity index is 1.63. The first-order valence-corrected chi connectivity index (χ1v) is 7.04. The first-order valence-electron chi connectivity index (χ1n) is 6.66. The molecule has 3 aliphatic rings. The zero-order chi connectivity index (χ0) is 12.5. The number of phenols is 1. The van der Waals surface area contributed by atoms with E-state index in [1.807, 2.05) is 12.1 Å². The predicted octanol–water partition coefficient (Wildman–Crippen LogP) is 2.23. The van der Waals surface area contributed by atoms with Gasteiger partial charge in [-0.1, -0.05) is 23.7 Å². The third-order valence-corrected chi connectivity index (χ3v) is 4.59. The van der Waals surface area contributed by atoms with Gasteiger partial charge in [0, 0.05) is 24.7 Å². The summed E-state index contributed by atoms with van der Waals surface area (Å²) < 4.78 is 0. The van der Waals surface area contributed by atoms with Crippen molar-refractivity contribution in [2.45, 2.75) is 25.4 Å². The van der Waals surface area contributed by atoms with Gasteiger partial charge in [0.2, 0.25) is 0 Å². The second kappa shape index (κ2) is 5.08. The lowest BCUT2D eigenvalue weighted by molar-refractivity contribution is 0.0719. The van der Waals surface area contributed by atoms with Gasteiger partial charge < -0.3 is 15.3 Å². The van der Waals surface area contributed by atoms with Gasteiger partial charge in [0.1, 0.15) is 5.75 Å². The van der Waals surface area contributed by atoms with Crippen molar-refractivity contribution in [3.05, 3.63) is 28.8 Å². The minimum Gasteiger partial charge on any atom is -0.506 e. The maximum absolute atomic E-state index is 9.88. The van der Waals surface area contributed by atoms with Crippen LogP contribution in [0.2, 0.25) is 5.02 Å². The molecule has 1 aromatic carbocycles. The van der Waals surface area contributed by atoms with Crippen molar-refractivity contribution in [3.8, 4) is 5.75 Å². The summed E-state index contributed by atoms with van der Waals surface area (Å²) in [4.78, 5) is 2.52. The van der Waals surface area contributed by atoms with Gasteiger partial charge in [0.15, 0.2) is 0 Å². The molecule has 0 saturated carbocycles. The number of hydrogen-bond acceptors (Lipinski definition) is 3. The molecular weight excluding hydrogens is 248 g/mol. The van der Waals surface area contributed by atoms with Crippen LogP contribution in [-0.2, 0) is 6.54 Å². The van der Waals surface area contributed by atoms with Gasteiger partial charge in [-0.15, -0.1) is 0 Å². The van der Waals surface area contributed by atoms with E-state index >= 15 is 0 Å². The molecule has 1 unspecified atom stereocenters. The Hall–Kier alpha value is -0.770. The number of rotatable bonds is 3. The highest BCUT2D eigenvalue weighted by Crippen LogP contribution is 2.29. The van der Waals surface area contributed by atoms with E-state index in [0.717, 1.165) is 18.0 Å². The molecule has 18 heavy (non-hydrogen) atoms. The molecule has 0 aromatic heterocycles. The highest BCUT2D eigenvalue weighted by molar-refractivity contribution is 6.32. The summed E-state index contributed by atoms with van der Waals surface area (Å²) in [6.07, 6.45) is 2.61. The first kappa shape index (κ1) is 12.3. The van der Waals surface area contributed by atoms with E-state index in [2.05, 4.69) is 10.2 Å². The standard InChI is InChI=1S/C14H19ClN2O/c15-12-3-1-2-11(14(12)18)8-16-13-9-17-6-4-10(13)5-7-17/h1-3,10,13,16,18H,4-9H2. The Morgan fingerprint density at radius 1 is 1.33 bits per heavy atom. The number of hydrogen-bond donors (Lipinski definition) is 2. The molecule has 0 spiro atoms. The van der Waals surface area contributed by atoms with E-state index in [0.29, 0.717) is 17.6 Å². The zero-order valence-electron chi connectivity index (χ0n) is 10.4. The highest BCUT2D eigenvalue weighted by atomic mass is 35.5. The van der Waals surface area contributed by atoms with E-state index < -0.39 is 0 Å². The molecule has 1 aromatic rings. The van der Waals surface area contributed by atoms with Crippen molar-refractivity contribution in [3.63, 3.8) is 0 Å². The zero-order valence-corrected chi connectivity index (χ0v) is 11.2. The van der Waals surface area contributed by atoms with Crippen LogP contribution >= 0.6 is 11.6 Å². The van der Waals surface area contributed by atoms with E-state index in [1.165, 1.54) is 25.9 Å². The Kier molecular flexibility index (Phi) is 3.46. The molecular formula is C14H19ClN2O. The number of para-hydroxylation sites is 1. The SMILES string of the molecule is Oc1c(Cl)cccc1CNC1CN2CCC1CC2. The molecule has 3 saturated heterocycles. The lowest BCUT2D eigenvalue weighted by Crippen LogP contribution is -2.55. The van der Waals surface area contributed by atoms with Gasteiger partial charge in [0.05, 0.1) is 5.02 Å². The molecule has 2 N–H and O–H groups in total. The van der Waals surface area contributed by atoms with Crippen LogP contribution in [0, 0.1) is 5.92 Å². The van der Waals surface area contributed by atoms with E-state index in [-0.39, 0.29) is 5.75 Å². The van der Waals surface area contributed by atoms with Crippen molar-refractivity contribution in [1.29, 1.82) is 0 Å². The Labute approximate surface area is 113 Å². The Bertz CT molecular complexity index is 430. The van der Waals surface area contributed by atoms with Gasteiger partial charge in [-0.2, -0.15) is 0 Å². The molecule has 3 nitrogen and oxygen atoms in total. The van der Waals surface area contributed by atoms with Crippen LogP contribution in [0.3, 0.4) is 0 Å².